The van der Waals surface area contributed by atoms with E-state index in [1.807, 2.05) is 30.3 Å². The third-order valence-corrected chi connectivity index (χ3v) is 4.75. The molecule has 11 nitrogen and oxygen atoms in total. The molecule has 2 aromatic heterocycles. The van der Waals surface area contributed by atoms with E-state index in [0.717, 1.165) is 5.56 Å². The molecule has 1 aliphatic rings. The molecule has 5 atom stereocenters. The van der Waals surface area contributed by atoms with E-state index in [4.69, 9.17) is 4.74 Å². The number of nitrogens with zero attached hydrogens (tertiary/aromatic N) is 4. The fourth-order valence-corrected chi connectivity index (χ4v) is 3.23. The van der Waals surface area contributed by atoms with E-state index in [-0.39, 0.29) is 0 Å². The first-order valence-corrected chi connectivity index (χ1v) is 8.84. The molecule has 1 fully saturated rings. The molecule has 1 saturated heterocycles. The van der Waals surface area contributed by atoms with Gasteiger partial charge in [-0.05, 0) is 5.56 Å². The molecule has 11 heteroatoms. The molecule has 0 amide bonds. The topological polar surface area (TPSA) is 166 Å². The maximum atomic E-state index is 11.3. The minimum Gasteiger partial charge on any atom is -0.479 e. The largest absolute Gasteiger partial charge is 0.479 e. The highest BCUT2D eigenvalue weighted by Crippen LogP contribution is 2.29. The van der Waals surface area contributed by atoms with Gasteiger partial charge in [0.05, 0.1) is 12.9 Å². The fraction of sp³-hybridized carbons (Fsp3) is 0.333. The van der Waals surface area contributed by atoms with Gasteiger partial charge in [0.25, 0.3) is 0 Å². The number of aliphatic hydroxyl groups excluding tert-OH is 3. The van der Waals surface area contributed by atoms with Crippen LogP contribution in [0.1, 0.15) is 11.8 Å². The van der Waals surface area contributed by atoms with Crippen molar-refractivity contribution in [2.45, 2.75) is 37.2 Å². The maximum Gasteiger partial charge on any atom is 0.335 e. The molecule has 152 valence electrons. The fourth-order valence-electron chi connectivity index (χ4n) is 3.23. The van der Waals surface area contributed by atoms with Gasteiger partial charge in [-0.1, -0.05) is 30.3 Å². The second-order valence-corrected chi connectivity index (χ2v) is 6.64. The van der Waals surface area contributed by atoms with E-state index in [2.05, 4.69) is 19.9 Å². The number of aliphatic carboxylic acids is 1. The minimum absolute atomic E-state index is 0.295. The maximum absolute atomic E-state index is 11.3. The Morgan fingerprint density at radius 2 is 1.90 bits per heavy atom. The number of imidazole rings is 1. The molecular formula is C18H19N5O6. The van der Waals surface area contributed by atoms with Crippen molar-refractivity contribution in [3.05, 3.63) is 54.0 Å². The number of fused-ring (bicyclic) bond motifs is 1. The molecule has 0 saturated carbocycles. The highest BCUT2D eigenvalue weighted by atomic mass is 16.6. The Morgan fingerprint density at radius 3 is 2.62 bits per heavy atom. The molecule has 0 unspecified atom stereocenters. The number of ether oxygens (including phenoxy) is 1. The lowest BCUT2D eigenvalue weighted by Gasteiger charge is -2.39. The number of aromatic amines is 1. The van der Waals surface area contributed by atoms with Crippen molar-refractivity contribution < 1.29 is 30.0 Å². The standard InChI is InChI=1S/C18H19N5O6/c24-11-12(25)14(18(27)28)29-17(13(11)26)23-8-22-15(10-16(23)21-7-20-10)19-6-9-4-2-1-3-5-9/h1-5,7-8,11-14,17,24-26H,6H2,(H,20,21)(H,27,28)/t11-,12-,13+,14-,17+/m0/s1. The second kappa shape index (κ2) is 7.72. The molecule has 29 heavy (non-hydrogen) atoms. The molecule has 1 aliphatic heterocycles. The number of benzene rings is 1. The number of aromatic nitrogens is 4. The molecule has 3 heterocycles. The number of carboxylic acid groups (broad SMARTS) is 1. The number of carbonyl (C=O) groups is 1. The SMILES string of the molecule is O=C(O)[C@H]1O[C@@H](n2cnc(=NCc3ccccc3)c3[nH]cnc32)[C@H](O)[C@@H](O)[C@@H]1O. The zero-order valence-corrected chi connectivity index (χ0v) is 15.0. The van der Waals surface area contributed by atoms with E-state index < -0.39 is 36.6 Å². The summed E-state index contributed by atoms with van der Waals surface area (Å²) in [7, 11) is 0. The van der Waals surface area contributed by atoms with E-state index in [1.165, 1.54) is 17.2 Å². The average molecular weight is 401 g/mol. The molecule has 0 radical (unpaired) electrons. The Bertz CT molecular complexity index is 1080. The van der Waals surface area contributed by atoms with Crippen LogP contribution < -0.4 is 5.49 Å². The summed E-state index contributed by atoms with van der Waals surface area (Å²) in [6, 6.07) is 9.59. The predicted octanol–water partition coefficient (Wildman–Crippen LogP) is -1.08. The van der Waals surface area contributed by atoms with Crippen LogP contribution in [0.15, 0.2) is 48.0 Å². The molecule has 5 N–H and O–H groups in total. The van der Waals surface area contributed by atoms with Gasteiger partial charge < -0.3 is 30.1 Å². The van der Waals surface area contributed by atoms with Gasteiger partial charge >= 0.3 is 5.97 Å². The molecule has 4 rings (SSSR count). The van der Waals surface area contributed by atoms with Crippen LogP contribution in [-0.2, 0) is 16.1 Å². The Morgan fingerprint density at radius 1 is 1.14 bits per heavy atom. The first kappa shape index (κ1) is 19.2. The Balaban J connectivity index is 1.72. The van der Waals surface area contributed by atoms with Crippen LogP contribution in [-0.4, -0.2) is 70.3 Å². The number of nitrogens with one attached hydrogen (secondary N) is 1. The van der Waals surface area contributed by atoms with Gasteiger partial charge in [-0.25, -0.2) is 14.8 Å². The number of H-pyrrole nitrogens is 1. The van der Waals surface area contributed by atoms with Gasteiger partial charge in [0, 0.05) is 0 Å². The average Bonchev–Trinajstić information content (AvgIpc) is 3.21. The Kier molecular flexibility index (Phi) is 5.11. The number of rotatable bonds is 4. The highest BCUT2D eigenvalue weighted by molar-refractivity contribution is 5.73. The summed E-state index contributed by atoms with van der Waals surface area (Å²) >= 11 is 0. The summed E-state index contributed by atoms with van der Waals surface area (Å²) in [6.45, 7) is 0.389. The molecule has 1 aromatic carbocycles. The summed E-state index contributed by atoms with van der Waals surface area (Å²) in [5, 5.41) is 39.5. The lowest BCUT2D eigenvalue weighted by Crippen LogP contribution is -2.57. The quantitative estimate of drug-likeness (QED) is 0.368. The van der Waals surface area contributed by atoms with Crippen molar-refractivity contribution in [3.63, 3.8) is 0 Å². The summed E-state index contributed by atoms with van der Waals surface area (Å²) in [5.74, 6) is -1.46. The zero-order valence-electron chi connectivity index (χ0n) is 15.0. The number of hydrogen-bond donors (Lipinski definition) is 5. The summed E-state index contributed by atoms with van der Waals surface area (Å²) in [6.07, 6.45) is -5.44. The third kappa shape index (κ3) is 3.51. The van der Waals surface area contributed by atoms with Crippen LogP contribution in [0, 0.1) is 0 Å². The lowest BCUT2D eigenvalue weighted by molar-refractivity contribution is -0.246. The van der Waals surface area contributed by atoms with Gasteiger partial charge in [0.1, 0.15) is 30.2 Å². The van der Waals surface area contributed by atoms with Crippen molar-refractivity contribution >= 4 is 17.1 Å². The van der Waals surface area contributed by atoms with E-state index in [1.54, 1.807) is 0 Å². The lowest BCUT2D eigenvalue weighted by atomic mass is 9.98. The van der Waals surface area contributed by atoms with Gasteiger partial charge in [0.15, 0.2) is 23.5 Å². The van der Waals surface area contributed by atoms with Crippen molar-refractivity contribution in [1.82, 2.24) is 19.5 Å². The smallest absolute Gasteiger partial charge is 0.335 e. The van der Waals surface area contributed by atoms with E-state index in [9.17, 15) is 25.2 Å². The van der Waals surface area contributed by atoms with Crippen LogP contribution in [0.5, 0.6) is 0 Å². The number of aliphatic hydroxyl groups is 3. The monoisotopic (exact) mass is 401 g/mol. The molecular weight excluding hydrogens is 382 g/mol. The number of carboxylic acids is 1. The Labute approximate surface area is 163 Å². The van der Waals surface area contributed by atoms with Gasteiger partial charge in [-0.15, -0.1) is 0 Å². The Hall–Kier alpha value is -3.12. The van der Waals surface area contributed by atoms with Crippen molar-refractivity contribution in [1.29, 1.82) is 0 Å². The normalized spacial score (nSPS) is 28.0. The first-order valence-electron chi connectivity index (χ1n) is 8.84. The van der Waals surface area contributed by atoms with Crippen molar-refractivity contribution in [2.24, 2.45) is 4.99 Å². The van der Waals surface area contributed by atoms with E-state index in [0.29, 0.717) is 23.2 Å². The third-order valence-electron chi connectivity index (χ3n) is 4.75. The van der Waals surface area contributed by atoms with Crippen LogP contribution in [0.4, 0.5) is 0 Å². The predicted molar refractivity (Wildman–Crippen MR) is 97.2 cm³/mol. The summed E-state index contributed by atoms with van der Waals surface area (Å²) < 4.78 is 6.65. The van der Waals surface area contributed by atoms with Crippen LogP contribution in [0.3, 0.4) is 0 Å². The van der Waals surface area contributed by atoms with Crippen molar-refractivity contribution in [2.75, 3.05) is 0 Å². The molecule has 0 spiro atoms. The first-order chi connectivity index (χ1) is 14.0. The second-order valence-electron chi connectivity index (χ2n) is 6.64. The molecule has 3 aromatic rings. The van der Waals surface area contributed by atoms with Crippen LogP contribution in [0.25, 0.3) is 11.2 Å². The van der Waals surface area contributed by atoms with Crippen LogP contribution in [0.2, 0.25) is 0 Å². The van der Waals surface area contributed by atoms with Gasteiger partial charge in [-0.3, -0.25) is 9.56 Å². The minimum atomic E-state index is -1.78. The summed E-state index contributed by atoms with van der Waals surface area (Å²) in [5.41, 5.74) is 2.11. The van der Waals surface area contributed by atoms with Gasteiger partial charge in [0.2, 0.25) is 0 Å². The molecule has 0 bridgehead atoms. The summed E-state index contributed by atoms with van der Waals surface area (Å²) in [4.78, 5) is 27.2. The number of hydrogen-bond acceptors (Lipinski definition) is 8. The van der Waals surface area contributed by atoms with Crippen molar-refractivity contribution in [3.8, 4) is 0 Å². The zero-order chi connectivity index (χ0) is 20.5. The van der Waals surface area contributed by atoms with Gasteiger partial charge in [-0.2, -0.15) is 0 Å². The van der Waals surface area contributed by atoms with Crippen LogP contribution >= 0.6 is 0 Å². The highest BCUT2D eigenvalue weighted by Gasteiger charge is 2.47. The van der Waals surface area contributed by atoms with E-state index >= 15 is 0 Å². The molecule has 0 aliphatic carbocycles.